The van der Waals surface area contributed by atoms with Crippen LogP contribution in [0.2, 0.25) is 0 Å². The Bertz CT molecular complexity index is 1280. The van der Waals surface area contributed by atoms with Crippen molar-refractivity contribution in [3.63, 3.8) is 0 Å². The van der Waals surface area contributed by atoms with Crippen LogP contribution >= 0.6 is 0 Å². The van der Waals surface area contributed by atoms with Gasteiger partial charge in [-0.15, -0.1) is 0 Å². The lowest BCUT2D eigenvalue weighted by molar-refractivity contribution is -0.137. The van der Waals surface area contributed by atoms with Gasteiger partial charge in [0.2, 0.25) is 5.91 Å². The Hall–Kier alpha value is -3.13. The maximum Gasteiger partial charge on any atom is 0.416 e. The van der Waals surface area contributed by atoms with Crippen molar-refractivity contribution in [1.82, 2.24) is 9.88 Å². The van der Waals surface area contributed by atoms with E-state index in [0.29, 0.717) is 49.2 Å². The molecule has 5 nitrogen and oxygen atoms in total. The monoisotopic (exact) mass is 458 g/mol. The number of fused-ring (bicyclic) bond motifs is 4. The number of carbonyl (C=O) groups excluding carboxylic acids is 1. The van der Waals surface area contributed by atoms with Crippen LogP contribution in [0.1, 0.15) is 35.6 Å². The molecule has 3 aromatic rings. The topological polar surface area (TPSA) is 60.3 Å². The van der Waals surface area contributed by atoms with Gasteiger partial charge in [-0.2, -0.15) is 13.2 Å². The number of nitrogens with zero attached hydrogens (tertiary/aromatic N) is 1. The van der Waals surface area contributed by atoms with Gasteiger partial charge in [-0.1, -0.05) is 18.2 Å². The van der Waals surface area contributed by atoms with E-state index in [-0.39, 0.29) is 17.7 Å². The molecular formula is C25H25F3N2O3. The molecule has 0 bridgehead atoms. The second kappa shape index (κ2) is 9.02. The van der Waals surface area contributed by atoms with Crippen molar-refractivity contribution in [2.75, 3.05) is 13.7 Å². The fourth-order valence-corrected chi connectivity index (χ4v) is 4.44. The van der Waals surface area contributed by atoms with E-state index in [1.54, 1.807) is 4.57 Å². The molecule has 1 aromatic heterocycles. The highest BCUT2D eigenvalue weighted by Gasteiger charge is 2.32. The Balaban J connectivity index is 1.99. The van der Waals surface area contributed by atoms with E-state index in [4.69, 9.17) is 4.74 Å². The molecule has 0 fully saturated rings. The molecule has 1 amide bonds. The predicted octanol–water partition coefficient (Wildman–Crippen LogP) is 4.46. The Kier molecular flexibility index (Phi) is 6.30. The van der Waals surface area contributed by atoms with Gasteiger partial charge in [-0.05, 0) is 60.0 Å². The molecule has 0 saturated carbocycles. The van der Waals surface area contributed by atoms with Crippen LogP contribution in [-0.2, 0) is 41.7 Å². The van der Waals surface area contributed by atoms with Crippen LogP contribution in [0.5, 0.6) is 0 Å². The van der Waals surface area contributed by atoms with Gasteiger partial charge in [0.15, 0.2) is 0 Å². The summed E-state index contributed by atoms with van der Waals surface area (Å²) in [7, 11) is 1.54. The van der Waals surface area contributed by atoms with Crippen LogP contribution in [0.3, 0.4) is 0 Å². The van der Waals surface area contributed by atoms with Crippen LogP contribution in [-0.4, -0.2) is 24.1 Å². The number of aromatic nitrogens is 1. The van der Waals surface area contributed by atoms with Gasteiger partial charge < -0.3 is 14.6 Å². The number of ether oxygens (including phenoxy) is 1. The third kappa shape index (κ3) is 4.39. The number of nitrogens with one attached hydrogen (secondary N) is 1. The standard InChI is InChI=1S/C25H25F3N2O3/c1-3-33-14-15-4-5-16-10-11-30-23(20(16)12-15)19(8-9-22(31)29-2)18-7-6-17(25(26,27)28)13-21(18)24(30)32/h4-7,12-13H,3,8-11,14H2,1-2H3,(H,29,31). The number of benzene rings is 2. The number of amides is 1. The minimum atomic E-state index is -4.55. The number of alkyl halides is 3. The fraction of sp³-hybridized carbons (Fsp3) is 0.360. The normalized spacial score (nSPS) is 13.0. The number of hydrogen-bond acceptors (Lipinski definition) is 3. The van der Waals surface area contributed by atoms with E-state index >= 15 is 0 Å². The van der Waals surface area contributed by atoms with Crippen molar-refractivity contribution in [2.45, 2.75) is 45.5 Å². The highest BCUT2D eigenvalue weighted by Crippen LogP contribution is 2.38. The summed E-state index contributed by atoms with van der Waals surface area (Å²) in [5.74, 6) is -0.179. The number of carbonyl (C=O) groups is 1. The van der Waals surface area contributed by atoms with E-state index in [1.165, 1.54) is 13.1 Å². The molecule has 0 radical (unpaired) electrons. The Morgan fingerprint density at radius 2 is 1.94 bits per heavy atom. The van der Waals surface area contributed by atoms with Crippen LogP contribution in [0, 0.1) is 0 Å². The maximum absolute atomic E-state index is 13.4. The van der Waals surface area contributed by atoms with E-state index in [2.05, 4.69) is 5.32 Å². The number of aryl methyl sites for hydroxylation is 2. The molecule has 1 N–H and O–H groups in total. The summed E-state index contributed by atoms with van der Waals surface area (Å²) in [6.45, 7) is 3.26. The summed E-state index contributed by atoms with van der Waals surface area (Å²) in [5.41, 5.74) is 2.94. The van der Waals surface area contributed by atoms with Gasteiger partial charge in [0.05, 0.1) is 17.9 Å². The Labute approximate surface area is 189 Å². The van der Waals surface area contributed by atoms with E-state index in [1.807, 2.05) is 25.1 Å². The van der Waals surface area contributed by atoms with Gasteiger partial charge in [0.1, 0.15) is 0 Å². The zero-order valence-electron chi connectivity index (χ0n) is 18.5. The average molecular weight is 458 g/mol. The van der Waals surface area contributed by atoms with Gasteiger partial charge in [-0.25, -0.2) is 0 Å². The first kappa shape index (κ1) is 23.0. The highest BCUT2D eigenvalue weighted by molar-refractivity contribution is 5.92. The smallest absolute Gasteiger partial charge is 0.377 e. The maximum atomic E-state index is 13.4. The molecule has 0 spiro atoms. The van der Waals surface area contributed by atoms with Gasteiger partial charge in [-0.3, -0.25) is 9.59 Å². The molecular weight excluding hydrogens is 433 g/mol. The second-order valence-corrected chi connectivity index (χ2v) is 8.09. The largest absolute Gasteiger partial charge is 0.416 e. The zero-order chi connectivity index (χ0) is 23.8. The van der Waals surface area contributed by atoms with Gasteiger partial charge in [0, 0.05) is 37.6 Å². The number of hydrogen-bond donors (Lipinski definition) is 1. The minimum Gasteiger partial charge on any atom is -0.377 e. The van der Waals surface area contributed by atoms with E-state index in [0.717, 1.165) is 28.8 Å². The van der Waals surface area contributed by atoms with Crippen molar-refractivity contribution < 1.29 is 22.7 Å². The summed E-state index contributed by atoms with van der Waals surface area (Å²) >= 11 is 0. The molecule has 174 valence electrons. The number of halogens is 3. The van der Waals surface area contributed by atoms with Crippen LogP contribution in [0.15, 0.2) is 41.2 Å². The lowest BCUT2D eigenvalue weighted by Crippen LogP contribution is -2.29. The van der Waals surface area contributed by atoms with Crippen molar-refractivity contribution >= 4 is 16.7 Å². The summed E-state index contributed by atoms with van der Waals surface area (Å²) in [4.78, 5) is 25.4. The minimum absolute atomic E-state index is 0.0226. The van der Waals surface area contributed by atoms with Crippen molar-refractivity contribution in [1.29, 1.82) is 0 Å². The summed E-state index contributed by atoms with van der Waals surface area (Å²) in [6, 6.07) is 9.26. The van der Waals surface area contributed by atoms with E-state index < -0.39 is 17.3 Å². The average Bonchev–Trinajstić information content (AvgIpc) is 2.81. The quantitative estimate of drug-likeness (QED) is 0.594. The SMILES string of the molecule is CCOCc1ccc2c(c1)-c1c(CCC(=O)NC)c3ccc(C(F)(F)F)cc3c(=O)n1CC2. The number of pyridine rings is 1. The number of rotatable bonds is 6. The molecule has 0 aliphatic carbocycles. The lowest BCUT2D eigenvalue weighted by Gasteiger charge is -2.27. The predicted molar refractivity (Wildman–Crippen MR) is 120 cm³/mol. The molecule has 8 heteroatoms. The van der Waals surface area contributed by atoms with E-state index in [9.17, 15) is 22.8 Å². The molecule has 1 aliphatic heterocycles. The summed E-state index contributed by atoms with van der Waals surface area (Å²) < 4.78 is 47.2. The molecule has 2 heterocycles. The Morgan fingerprint density at radius 3 is 2.64 bits per heavy atom. The first-order chi connectivity index (χ1) is 15.7. The molecule has 33 heavy (non-hydrogen) atoms. The first-order valence-electron chi connectivity index (χ1n) is 10.9. The zero-order valence-corrected chi connectivity index (χ0v) is 18.5. The van der Waals surface area contributed by atoms with Crippen LogP contribution < -0.4 is 10.9 Å². The first-order valence-corrected chi connectivity index (χ1v) is 10.9. The summed E-state index contributed by atoms with van der Waals surface area (Å²) in [6.07, 6.45) is -3.50. The van der Waals surface area contributed by atoms with Gasteiger partial charge in [0.25, 0.3) is 5.56 Å². The molecule has 0 unspecified atom stereocenters. The highest BCUT2D eigenvalue weighted by atomic mass is 19.4. The third-order valence-electron chi connectivity index (χ3n) is 6.09. The molecule has 2 aromatic carbocycles. The lowest BCUT2D eigenvalue weighted by atomic mass is 9.88. The second-order valence-electron chi connectivity index (χ2n) is 8.09. The van der Waals surface area contributed by atoms with Crippen molar-refractivity contribution in [2.24, 2.45) is 0 Å². The molecule has 1 aliphatic rings. The van der Waals surface area contributed by atoms with Crippen LogP contribution in [0.25, 0.3) is 22.0 Å². The Morgan fingerprint density at radius 1 is 1.15 bits per heavy atom. The molecule has 0 saturated heterocycles. The van der Waals surface area contributed by atoms with Crippen molar-refractivity contribution in [3.8, 4) is 11.3 Å². The van der Waals surface area contributed by atoms with Crippen molar-refractivity contribution in [3.05, 3.63) is 69.0 Å². The summed E-state index contributed by atoms with van der Waals surface area (Å²) in [5, 5.41) is 3.06. The molecule has 4 rings (SSSR count). The third-order valence-corrected chi connectivity index (χ3v) is 6.09. The fourth-order valence-electron chi connectivity index (χ4n) is 4.44. The van der Waals surface area contributed by atoms with Crippen LogP contribution in [0.4, 0.5) is 13.2 Å². The van der Waals surface area contributed by atoms with Gasteiger partial charge >= 0.3 is 6.18 Å². The molecule has 0 atom stereocenters.